The lowest BCUT2D eigenvalue weighted by Gasteiger charge is -2.35. The Hall–Kier alpha value is -2.44. The largest absolute Gasteiger partial charge is 0.369 e. The van der Waals surface area contributed by atoms with Crippen LogP contribution in [0.5, 0.6) is 0 Å². The van der Waals surface area contributed by atoms with Crippen LogP contribution in [0.2, 0.25) is 5.02 Å². The van der Waals surface area contributed by atoms with Gasteiger partial charge in [0.25, 0.3) is 5.56 Å². The van der Waals surface area contributed by atoms with Gasteiger partial charge in [-0.15, -0.1) is 0 Å². The SMILES string of the molecule is O=c1[nH]c(CN2CCN(c3ccc(F)cc3)CC2)nc2cc(Cl)ccc12. The minimum atomic E-state index is -0.223. The average Bonchev–Trinajstić information content (AvgIpc) is 2.63. The maximum absolute atomic E-state index is 13.1. The molecule has 1 saturated heterocycles. The van der Waals surface area contributed by atoms with E-state index in [-0.39, 0.29) is 11.4 Å². The summed E-state index contributed by atoms with van der Waals surface area (Å²) in [4.78, 5) is 24.1. The van der Waals surface area contributed by atoms with Crippen molar-refractivity contribution < 1.29 is 4.39 Å². The van der Waals surface area contributed by atoms with Crippen molar-refractivity contribution in [3.63, 3.8) is 0 Å². The summed E-state index contributed by atoms with van der Waals surface area (Å²) in [5.41, 5.74) is 1.49. The van der Waals surface area contributed by atoms with E-state index in [0.29, 0.717) is 28.3 Å². The number of fused-ring (bicyclic) bond motifs is 1. The van der Waals surface area contributed by atoms with E-state index in [1.54, 1.807) is 30.3 Å². The van der Waals surface area contributed by atoms with Gasteiger partial charge in [0.1, 0.15) is 11.6 Å². The van der Waals surface area contributed by atoms with E-state index in [0.717, 1.165) is 31.9 Å². The number of aromatic nitrogens is 2. The molecule has 26 heavy (non-hydrogen) atoms. The molecular weight excluding hydrogens is 355 g/mol. The molecule has 1 fully saturated rings. The van der Waals surface area contributed by atoms with Crippen LogP contribution in [-0.4, -0.2) is 41.0 Å². The number of benzene rings is 2. The van der Waals surface area contributed by atoms with Crippen LogP contribution in [0.25, 0.3) is 10.9 Å². The second-order valence-electron chi connectivity index (χ2n) is 6.41. The number of piperazine rings is 1. The number of hydrogen-bond donors (Lipinski definition) is 1. The predicted octanol–water partition coefficient (Wildman–Crippen LogP) is 3.04. The molecule has 134 valence electrons. The van der Waals surface area contributed by atoms with Crippen molar-refractivity contribution in [2.75, 3.05) is 31.1 Å². The van der Waals surface area contributed by atoms with E-state index >= 15 is 0 Å². The van der Waals surface area contributed by atoms with E-state index in [1.807, 2.05) is 0 Å². The second-order valence-corrected chi connectivity index (χ2v) is 6.85. The van der Waals surface area contributed by atoms with Crippen molar-refractivity contribution in [2.24, 2.45) is 0 Å². The quantitative estimate of drug-likeness (QED) is 0.767. The van der Waals surface area contributed by atoms with E-state index in [1.165, 1.54) is 12.1 Å². The Bertz CT molecular complexity index is 981. The van der Waals surface area contributed by atoms with Crippen molar-refractivity contribution >= 4 is 28.2 Å². The van der Waals surface area contributed by atoms with Crippen molar-refractivity contribution in [2.45, 2.75) is 6.54 Å². The number of rotatable bonds is 3. The third-order valence-corrected chi connectivity index (χ3v) is 4.89. The van der Waals surface area contributed by atoms with E-state index < -0.39 is 0 Å². The molecule has 1 aliphatic heterocycles. The molecule has 0 bridgehead atoms. The van der Waals surface area contributed by atoms with Crippen molar-refractivity contribution in [3.05, 3.63) is 69.5 Å². The van der Waals surface area contributed by atoms with Gasteiger partial charge in [-0.25, -0.2) is 9.37 Å². The van der Waals surface area contributed by atoms with Crippen LogP contribution in [0.4, 0.5) is 10.1 Å². The zero-order valence-corrected chi connectivity index (χ0v) is 14.8. The molecule has 0 saturated carbocycles. The van der Waals surface area contributed by atoms with Gasteiger partial charge in [0, 0.05) is 36.9 Å². The van der Waals surface area contributed by atoms with Gasteiger partial charge < -0.3 is 9.88 Å². The third kappa shape index (κ3) is 3.57. The normalized spacial score (nSPS) is 15.5. The van der Waals surface area contributed by atoms with Gasteiger partial charge in [-0.05, 0) is 42.5 Å². The van der Waals surface area contributed by atoms with Crippen LogP contribution >= 0.6 is 11.6 Å². The zero-order chi connectivity index (χ0) is 18.1. The van der Waals surface area contributed by atoms with E-state index in [9.17, 15) is 9.18 Å². The lowest BCUT2D eigenvalue weighted by atomic mass is 10.2. The number of nitrogens with zero attached hydrogens (tertiary/aromatic N) is 3. The summed E-state index contributed by atoms with van der Waals surface area (Å²) in [6.45, 7) is 3.95. The molecule has 0 spiro atoms. The summed E-state index contributed by atoms with van der Waals surface area (Å²) in [7, 11) is 0. The third-order valence-electron chi connectivity index (χ3n) is 4.66. The highest BCUT2D eigenvalue weighted by Crippen LogP contribution is 2.18. The molecule has 0 aliphatic carbocycles. The fraction of sp³-hybridized carbons (Fsp3) is 0.263. The Labute approximate surface area is 155 Å². The first-order chi connectivity index (χ1) is 12.6. The smallest absolute Gasteiger partial charge is 0.258 e. The lowest BCUT2D eigenvalue weighted by molar-refractivity contribution is 0.244. The molecule has 0 unspecified atom stereocenters. The summed E-state index contributed by atoms with van der Waals surface area (Å²) < 4.78 is 13.1. The number of aromatic amines is 1. The lowest BCUT2D eigenvalue weighted by Crippen LogP contribution is -2.46. The van der Waals surface area contributed by atoms with Crippen molar-refractivity contribution in [3.8, 4) is 0 Å². The molecule has 0 atom stereocenters. The summed E-state index contributed by atoms with van der Waals surface area (Å²) in [6, 6.07) is 11.7. The van der Waals surface area contributed by atoms with Crippen molar-refractivity contribution in [1.29, 1.82) is 0 Å². The predicted molar refractivity (Wildman–Crippen MR) is 101 cm³/mol. The molecule has 1 aromatic heterocycles. The fourth-order valence-electron chi connectivity index (χ4n) is 3.26. The molecule has 2 heterocycles. The van der Waals surface area contributed by atoms with E-state index in [4.69, 9.17) is 11.6 Å². The number of anilines is 1. The highest BCUT2D eigenvalue weighted by molar-refractivity contribution is 6.31. The minimum absolute atomic E-state index is 0.147. The number of halogens is 2. The molecule has 3 aromatic rings. The molecule has 1 aliphatic rings. The average molecular weight is 373 g/mol. The van der Waals surface area contributed by atoms with Gasteiger partial charge in [-0.3, -0.25) is 9.69 Å². The minimum Gasteiger partial charge on any atom is -0.369 e. The first-order valence-corrected chi connectivity index (χ1v) is 8.87. The molecule has 0 radical (unpaired) electrons. The summed E-state index contributed by atoms with van der Waals surface area (Å²) in [5.74, 6) is 0.416. The molecular formula is C19H18ClFN4O. The molecule has 0 amide bonds. The molecule has 1 N–H and O–H groups in total. The Morgan fingerprint density at radius 1 is 1.08 bits per heavy atom. The molecule has 4 rings (SSSR count). The van der Waals surface area contributed by atoms with Crippen LogP contribution in [0.15, 0.2) is 47.3 Å². The zero-order valence-electron chi connectivity index (χ0n) is 14.1. The van der Waals surface area contributed by atoms with E-state index in [2.05, 4.69) is 19.8 Å². The first-order valence-electron chi connectivity index (χ1n) is 8.50. The van der Waals surface area contributed by atoms with Crippen LogP contribution in [0, 0.1) is 5.82 Å². The van der Waals surface area contributed by atoms with Crippen molar-refractivity contribution in [1.82, 2.24) is 14.9 Å². The fourth-order valence-corrected chi connectivity index (χ4v) is 3.43. The Morgan fingerprint density at radius 3 is 2.54 bits per heavy atom. The maximum Gasteiger partial charge on any atom is 0.258 e. The summed E-state index contributed by atoms with van der Waals surface area (Å²) >= 11 is 6.01. The molecule has 5 nitrogen and oxygen atoms in total. The molecule has 2 aromatic carbocycles. The summed E-state index contributed by atoms with van der Waals surface area (Å²) in [5, 5.41) is 1.11. The number of H-pyrrole nitrogens is 1. The first kappa shape index (κ1) is 17.0. The van der Waals surface area contributed by atoms with Gasteiger partial charge in [-0.2, -0.15) is 0 Å². The summed E-state index contributed by atoms with van der Waals surface area (Å²) in [6.07, 6.45) is 0. The van der Waals surface area contributed by atoms with Gasteiger partial charge in [0.15, 0.2) is 0 Å². The van der Waals surface area contributed by atoms with Crippen LogP contribution < -0.4 is 10.5 Å². The second kappa shape index (κ2) is 7.05. The number of nitrogens with one attached hydrogen (secondary N) is 1. The van der Waals surface area contributed by atoms with Gasteiger partial charge >= 0.3 is 0 Å². The van der Waals surface area contributed by atoms with Crippen LogP contribution in [0.3, 0.4) is 0 Å². The Morgan fingerprint density at radius 2 is 1.81 bits per heavy atom. The van der Waals surface area contributed by atoms with Crippen LogP contribution in [0.1, 0.15) is 5.82 Å². The highest BCUT2D eigenvalue weighted by atomic mass is 35.5. The molecule has 7 heteroatoms. The standard InChI is InChI=1S/C19H18ClFN4O/c20-13-1-6-16-17(11-13)22-18(23-19(16)26)12-24-7-9-25(10-8-24)15-4-2-14(21)3-5-15/h1-6,11H,7-10,12H2,(H,22,23,26). The highest BCUT2D eigenvalue weighted by Gasteiger charge is 2.18. The monoisotopic (exact) mass is 372 g/mol. The Balaban J connectivity index is 1.45. The van der Waals surface area contributed by atoms with Crippen LogP contribution in [-0.2, 0) is 6.54 Å². The van der Waals surface area contributed by atoms with Gasteiger partial charge in [-0.1, -0.05) is 11.6 Å². The topological polar surface area (TPSA) is 52.2 Å². The Kier molecular flexibility index (Phi) is 4.61. The van der Waals surface area contributed by atoms with Gasteiger partial charge in [0.2, 0.25) is 0 Å². The van der Waals surface area contributed by atoms with Gasteiger partial charge in [0.05, 0.1) is 17.4 Å². The number of hydrogen-bond acceptors (Lipinski definition) is 4. The maximum atomic E-state index is 13.1.